The average Bonchev–Trinajstić information content (AvgIpc) is 2.95. The van der Waals surface area contributed by atoms with Crippen molar-refractivity contribution in [2.24, 2.45) is 0 Å². The number of anilines is 1. The van der Waals surface area contributed by atoms with Gasteiger partial charge in [-0.1, -0.05) is 0 Å². The lowest BCUT2D eigenvalue weighted by Gasteiger charge is -2.44. The number of nitrogens with zero attached hydrogens (tertiary/aromatic N) is 1. The molecule has 2 unspecified atom stereocenters. The molecule has 0 spiro atoms. The maximum absolute atomic E-state index is 9.92. The summed E-state index contributed by atoms with van der Waals surface area (Å²) in [5, 5.41) is 13.5. The monoisotopic (exact) mass is 276 g/mol. The van der Waals surface area contributed by atoms with E-state index in [1.807, 2.05) is 24.3 Å². The molecule has 2 aliphatic heterocycles. The first-order chi connectivity index (χ1) is 9.74. The van der Waals surface area contributed by atoms with Crippen molar-refractivity contribution in [3.8, 4) is 5.75 Å². The Bertz CT molecular complexity index is 448. The number of ether oxygens (including phenoxy) is 1. The Hall–Kier alpha value is -1.26. The van der Waals surface area contributed by atoms with Crippen molar-refractivity contribution >= 4 is 5.69 Å². The van der Waals surface area contributed by atoms with Gasteiger partial charge in [0.05, 0.1) is 19.3 Å². The molecule has 0 bridgehead atoms. The molecule has 0 aromatic heterocycles. The standard InChI is InChI=1S/C16H24N2O2/c1-20-15-6-4-13(5-7-15)17-16(12-19)8-10-18-9-2-3-14(18)11-16/h4-7,14,17,19H,2-3,8-12H2,1H3. The number of hydrogen-bond donors (Lipinski definition) is 2. The smallest absolute Gasteiger partial charge is 0.119 e. The second kappa shape index (κ2) is 5.62. The molecule has 0 aliphatic carbocycles. The predicted octanol–water partition coefficient (Wildman–Crippen LogP) is 2.10. The molecule has 2 aliphatic rings. The van der Waals surface area contributed by atoms with Gasteiger partial charge in [-0.15, -0.1) is 0 Å². The molecule has 0 amide bonds. The number of methoxy groups -OCH3 is 1. The molecule has 2 heterocycles. The van der Waals surface area contributed by atoms with E-state index in [0.29, 0.717) is 6.04 Å². The first-order valence-electron chi connectivity index (χ1n) is 7.52. The molecule has 3 rings (SSSR count). The minimum atomic E-state index is -0.167. The number of aliphatic hydroxyl groups excluding tert-OH is 1. The highest BCUT2D eigenvalue weighted by atomic mass is 16.5. The van der Waals surface area contributed by atoms with E-state index >= 15 is 0 Å². The highest BCUT2D eigenvalue weighted by Crippen LogP contribution is 2.35. The maximum atomic E-state index is 9.92. The van der Waals surface area contributed by atoms with E-state index in [1.165, 1.54) is 19.4 Å². The van der Waals surface area contributed by atoms with Gasteiger partial charge in [0.2, 0.25) is 0 Å². The van der Waals surface area contributed by atoms with Crippen LogP contribution in [0, 0.1) is 0 Å². The zero-order valence-electron chi connectivity index (χ0n) is 12.1. The van der Waals surface area contributed by atoms with Gasteiger partial charge in [-0.2, -0.15) is 0 Å². The molecule has 0 saturated carbocycles. The number of piperidine rings is 1. The summed E-state index contributed by atoms with van der Waals surface area (Å²) in [5.74, 6) is 0.860. The van der Waals surface area contributed by atoms with Gasteiger partial charge in [-0.25, -0.2) is 0 Å². The third-order valence-corrected chi connectivity index (χ3v) is 4.81. The Morgan fingerprint density at radius 2 is 2.15 bits per heavy atom. The third-order valence-electron chi connectivity index (χ3n) is 4.81. The van der Waals surface area contributed by atoms with Crippen LogP contribution in [0.25, 0.3) is 0 Å². The molecule has 0 radical (unpaired) electrons. The molecule has 4 heteroatoms. The molecular formula is C16H24N2O2. The van der Waals surface area contributed by atoms with E-state index < -0.39 is 0 Å². The maximum Gasteiger partial charge on any atom is 0.119 e. The van der Waals surface area contributed by atoms with Crippen LogP contribution in [0.15, 0.2) is 24.3 Å². The van der Waals surface area contributed by atoms with Crippen molar-refractivity contribution in [3.05, 3.63) is 24.3 Å². The summed E-state index contributed by atoms with van der Waals surface area (Å²) >= 11 is 0. The quantitative estimate of drug-likeness (QED) is 0.884. The molecule has 20 heavy (non-hydrogen) atoms. The van der Waals surface area contributed by atoms with Crippen molar-refractivity contribution in [1.82, 2.24) is 4.90 Å². The Morgan fingerprint density at radius 3 is 2.85 bits per heavy atom. The average molecular weight is 276 g/mol. The van der Waals surface area contributed by atoms with Crippen molar-refractivity contribution < 1.29 is 9.84 Å². The largest absolute Gasteiger partial charge is 0.497 e. The fourth-order valence-electron chi connectivity index (χ4n) is 3.61. The molecule has 2 fully saturated rings. The van der Waals surface area contributed by atoms with Crippen LogP contribution in [0.5, 0.6) is 5.75 Å². The third kappa shape index (κ3) is 2.63. The van der Waals surface area contributed by atoms with Crippen molar-refractivity contribution in [1.29, 1.82) is 0 Å². The molecular weight excluding hydrogens is 252 g/mol. The Balaban J connectivity index is 1.72. The van der Waals surface area contributed by atoms with E-state index in [1.54, 1.807) is 7.11 Å². The van der Waals surface area contributed by atoms with E-state index in [0.717, 1.165) is 30.8 Å². The first kappa shape index (κ1) is 13.7. The second-order valence-corrected chi connectivity index (χ2v) is 6.08. The van der Waals surface area contributed by atoms with Crippen LogP contribution in [0.4, 0.5) is 5.69 Å². The normalized spacial score (nSPS) is 30.0. The van der Waals surface area contributed by atoms with Crippen molar-refractivity contribution in [3.63, 3.8) is 0 Å². The summed E-state index contributed by atoms with van der Waals surface area (Å²) in [6.45, 7) is 2.52. The van der Waals surface area contributed by atoms with Crippen LogP contribution in [-0.4, -0.2) is 48.4 Å². The Kier molecular flexibility index (Phi) is 3.85. The van der Waals surface area contributed by atoms with Crippen LogP contribution in [0.2, 0.25) is 0 Å². The second-order valence-electron chi connectivity index (χ2n) is 6.08. The highest BCUT2D eigenvalue weighted by molar-refractivity contribution is 5.48. The summed E-state index contributed by atoms with van der Waals surface area (Å²) < 4.78 is 5.18. The lowest BCUT2D eigenvalue weighted by molar-refractivity contribution is 0.0964. The molecule has 4 nitrogen and oxygen atoms in total. The lowest BCUT2D eigenvalue weighted by atomic mass is 9.83. The van der Waals surface area contributed by atoms with E-state index in [4.69, 9.17) is 4.74 Å². The molecule has 1 aromatic rings. The summed E-state index contributed by atoms with van der Waals surface area (Å²) in [4.78, 5) is 2.57. The molecule has 1 aromatic carbocycles. The van der Waals surface area contributed by atoms with Crippen LogP contribution < -0.4 is 10.1 Å². The molecule has 2 saturated heterocycles. The summed E-state index contributed by atoms with van der Waals surface area (Å²) in [5.41, 5.74) is 0.895. The minimum absolute atomic E-state index is 0.167. The van der Waals surface area contributed by atoms with Gasteiger partial charge in [0.25, 0.3) is 0 Å². The fraction of sp³-hybridized carbons (Fsp3) is 0.625. The number of benzene rings is 1. The molecule has 2 N–H and O–H groups in total. The van der Waals surface area contributed by atoms with Crippen LogP contribution in [0.3, 0.4) is 0 Å². The number of nitrogens with one attached hydrogen (secondary N) is 1. The topological polar surface area (TPSA) is 44.7 Å². The van der Waals surface area contributed by atoms with E-state index in [9.17, 15) is 5.11 Å². The lowest BCUT2D eigenvalue weighted by Crippen LogP contribution is -2.54. The summed E-state index contributed by atoms with van der Waals surface area (Å²) in [6, 6.07) is 8.60. The van der Waals surface area contributed by atoms with Gasteiger partial charge in [-0.3, -0.25) is 0 Å². The number of rotatable bonds is 4. The summed E-state index contributed by atoms with van der Waals surface area (Å²) in [7, 11) is 1.67. The van der Waals surface area contributed by atoms with E-state index in [-0.39, 0.29) is 12.1 Å². The van der Waals surface area contributed by atoms with Gasteiger partial charge in [0, 0.05) is 18.3 Å². The SMILES string of the molecule is COc1ccc(NC2(CO)CCN3CCCC3C2)cc1. The van der Waals surface area contributed by atoms with Gasteiger partial charge in [-0.05, 0) is 56.5 Å². The Morgan fingerprint density at radius 1 is 1.35 bits per heavy atom. The number of hydrogen-bond acceptors (Lipinski definition) is 4. The first-order valence-corrected chi connectivity index (χ1v) is 7.52. The Labute approximate surface area is 120 Å². The number of aliphatic hydroxyl groups is 1. The van der Waals surface area contributed by atoms with Crippen molar-refractivity contribution in [2.45, 2.75) is 37.3 Å². The van der Waals surface area contributed by atoms with Gasteiger partial charge < -0.3 is 20.1 Å². The fourth-order valence-corrected chi connectivity index (χ4v) is 3.61. The highest BCUT2D eigenvalue weighted by Gasteiger charge is 2.41. The van der Waals surface area contributed by atoms with Gasteiger partial charge >= 0.3 is 0 Å². The molecule has 2 atom stereocenters. The van der Waals surface area contributed by atoms with Crippen LogP contribution in [0.1, 0.15) is 25.7 Å². The summed E-state index contributed by atoms with van der Waals surface area (Å²) in [6.07, 6.45) is 4.61. The van der Waals surface area contributed by atoms with Gasteiger partial charge in [0.1, 0.15) is 5.75 Å². The zero-order chi connectivity index (χ0) is 14.0. The van der Waals surface area contributed by atoms with Gasteiger partial charge in [0.15, 0.2) is 0 Å². The number of fused-ring (bicyclic) bond motifs is 1. The zero-order valence-corrected chi connectivity index (χ0v) is 12.1. The van der Waals surface area contributed by atoms with Crippen molar-refractivity contribution in [2.75, 3.05) is 32.1 Å². The minimum Gasteiger partial charge on any atom is -0.497 e. The van der Waals surface area contributed by atoms with Crippen LogP contribution >= 0.6 is 0 Å². The van der Waals surface area contributed by atoms with E-state index in [2.05, 4.69) is 10.2 Å². The predicted molar refractivity (Wildman–Crippen MR) is 80.3 cm³/mol. The molecule has 110 valence electrons. The van der Waals surface area contributed by atoms with Crippen LogP contribution in [-0.2, 0) is 0 Å².